The number of hydrogen-bond acceptors (Lipinski definition) is 4. The van der Waals surface area contributed by atoms with Crippen molar-refractivity contribution < 1.29 is 13.2 Å². The Morgan fingerprint density at radius 3 is 2.43 bits per heavy atom. The van der Waals surface area contributed by atoms with E-state index in [1.807, 2.05) is 6.92 Å². The van der Waals surface area contributed by atoms with Crippen LogP contribution in [-0.2, 0) is 14.8 Å². The number of benzene rings is 1. The molecule has 1 aromatic carbocycles. The molecule has 0 aromatic heterocycles. The third-order valence-corrected chi connectivity index (χ3v) is 5.19. The van der Waals surface area contributed by atoms with Crippen LogP contribution in [0.15, 0.2) is 29.2 Å². The van der Waals surface area contributed by atoms with E-state index in [0.717, 1.165) is 31.5 Å². The highest BCUT2D eigenvalue weighted by atomic mass is 35.5. The number of nitrogens with zero attached hydrogens (tertiary/aromatic N) is 1. The van der Waals surface area contributed by atoms with Crippen LogP contribution in [0.3, 0.4) is 0 Å². The first-order chi connectivity index (χ1) is 10.3. The first-order valence-electron chi connectivity index (χ1n) is 7.41. The van der Waals surface area contributed by atoms with E-state index in [9.17, 15) is 13.2 Å². The highest BCUT2D eigenvalue weighted by molar-refractivity contribution is 7.89. The number of amides is 1. The molecule has 0 bridgehead atoms. The summed E-state index contributed by atoms with van der Waals surface area (Å²) >= 11 is 0. The molecule has 0 saturated carbocycles. The molecule has 1 saturated heterocycles. The average molecular weight is 362 g/mol. The van der Waals surface area contributed by atoms with Gasteiger partial charge in [0.05, 0.1) is 16.9 Å². The molecule has 1 amide bonds. The minimum Gasteiger partial charge on any atom is -0.339 e. The Kier molecular flexibility index (Phi) is 7.01. The Labute approximate surface area is 143 Å². The number of piperidine rings is 1. The van der Waals surface area contributed by atoms with Crippen molar-refractivity contribution >= 4 is 28.3 Å². The van der Waals surface area contributed by atoms with Gasteiger partial charge in [0.2, 0.25) is 15.9 Å². The molecule has 1 fully saturated rings. The SMILES string of the molecule is CC(c1ccc(S(N)(=O)=O)cc1)N(C)C(=O)C1CCCNC1.Cl. The summed E-state index contributed by atoms with van der Waals surface area (Å²) in [5, 5.41) is 8.33. The van der Waals surface area contributed by atoms with E-state index in [2.05, 4.69) is 5.32 Å². The molecular weight excluding hydrogens is 338 g/mol. The van der Waals surface area contributed by atoms with E-state index in [4.69, 9.17) is 5.14 Å². The number of rotatable bonds is 4. The normalized spacial score (nSPS) is 19.5. The van der Waals surface area contributed by atoms with Crippen molar-refractivity contribution in [3.8, 4) is 0 Å². The maximum atomic E-state index is 12.5. The fraction of sp³-hybridized carbons (Fsp3) is 0.533. The quantitative estimate of drug-likeness (QED) is 0.844. The Bertz CT molecular complexity index is 628. The van der Waals surface area contributed by atoms with Gasteiger partial charge in [0, 0.05) is 13.6 Å². The number of sulfonamides is 1. The lowest BCUT2D eigenvalue weighted by Gasteiger charge is -2.31. The van der Waals surface area contributed by atoms with Crippen LogP contribution >= 0.6 is 12.4 Å². The second-order valence-corrected chi connectivity index (χ2v) is 7.34. The fourth-order valence-corrected chi connectivity index (χ4v) is 3.22. The number of halogens is 1. The van der Waals surface area contributed by atoms with E-state index in [1.54, 1.807) is 24.1 Å². The molecule has 2 rings (SSSR count). The molecule has 0 radical (unpaired) electrons. The third-order valence-electron chi connectivity index (χ3n) is 4.27. The molecular formula is C15H24ClN3O3S. The molecule has 2 unspecified atom stereocenters. The standard InChI is InChI=1S/C15H23N3O3S.ClH/c1-11(12-5-7-14(8-6-12)22(16,20)21)18(2)15(19)13-4-3-9-17-10-13;/h5-8,11,13,17H,3-4,9-10H2,1-2H3,(H2,16,20,21);1H. The second-order valence-electron chi connectivity index (χ2n) is 5.78. The smallest absolute Gasteiger partial charge is 0.238 e. The Morgan fingerprint density at radius 2 is 1.96 bits per heavy atom. The minimum absolute atomic E-state index is 0. The zero-order valence-electron chi connectivity index (χ0n) is 13.4. The lowest BCUT2D eigenvalue weighted by molar-refractivity contribution is -0.136. The van der Waals surface area contributed by atoms with Gasteiger partial charge in [-0.2, -0.15) is 0 Å². The maximum Gasteiger partial charge on any atom is 0.238 e. The summed E-state index contributed by atoms with van der Waals surface area (Å²) in [7, 11) is -1.90. The van der Waals surface area contributed by atoms with Crippen LogP contribution in [0, 0.1) is 5.92 Å². The summed E-state index contributed by atoms with van der Waals surface area (Å²) in [5.74, 6) is 0.139. The first-order valence-corrected chi connectivity index (χ1v) is 8.95. The van der Waals surface area contributed by atoms with Crippen molar-refractivity contribution in [2.24, 2.45) is 11.1 Å². The Balaban J connectivity index is 0.00000264. The van der Waals surface area contributed by atoms with Crippen LogP contribution in [0.4, 0.5) is 0 Å². The highest BCUT2D eigenvalue weighted by Crippen LogP contribution is 2.23. The summed E-state index contributed by atoms with van der Waals surface area (Å²) in [5.41, 5.74) is 0.881. The van der Waals surface area contributed by atoms with Gasteiger partial charge in [-0.1, -0.05) is 12.1 Å². The van der Waals surface area contributed by atoms with Crippen molar-refractivity contribution in [1.82, 2.24) is 10.2 Å². The molecule has 6 nitrogen and oxygen atoms in total. The van der Waals surface area contributed by atoms with E-state index >= 15 is 0 Å². The van der Waals surface area contributed by atoms with Crippen LogP contribution in [-0.4, -0.2) is 39.4 Å². The molecule has 1 aliphatic rings. The van der Waals surface area contributed by atoms with Crippen molar-refractivity contribution in [1.29, 1.82) is 0 Å². The number of carbonyl (C=O) groups excluding carboxylic acids is 1. The number of hydrogen-bond donors (Lipinski definition) is 2. The lowest BCUT2D eigenvalue weighted by atomic mass is 9.97. The zero-order chi connectivity index (χ0) is 16.3. The molecule has 2 atom stereocenters. The molecule has 0 spiro atoms. The highest BCUT2D eigenvalue weighted by Gasteiger charge is 2.27. The molecule has 23 heavy (non-hydrogen) atoms. The molecule has 1 heterocycles. The predicted molar refractivity (Wildman–Crippen MR) is 91.8 cm³/mol. The zero-order valence-corrected chi connectivity index (χ0v) is 15.0. The molecule has 1 aromatic rings. The van der Waals surface area contributed by atoms with Gasteiger partial charge in [0.25, 0.3) is 0 Å². The summed E-state index contributed by atoms with van der Waals surface area (Å²) in [6.07, 6.45) is 1.93. The van der Waals surface area contributed by atoms with Crippen molar-refractivity contribution in [3.05, 3.63) is 29.8 Å². The van der Waals surface area contributed by atoms with Crippen molar-refractivity contribution in [2.75, 3.05) is 20.1 Å². The summed E-state index contributed by atoms with van der Waals surface area (Å²) < 4.78 is 22.5. The summed E-state index contributed by atoms with van der Waals surface area (Å²) in [6, 6.07) is 6.23. The first kappa shape index (κ1) is 19.9. The third kappa shape index (κ3) is 4.91. The van der Waals surface area contributed by atoms with E-state index in [1.165, 1.54) is 12.1 Å². The molecule has 130 valence electrons. The van der Waals surface area contributed by atoms with Gasteiger partial charge in [-0.05, 0) is 44.0 Å². The number of primary sulfonamides is 1. The predicted octanol–water partition coefficient (Wildman–Crippen LogP) is 1.27. The number of nitrogens with two attached hydrogens (primary N) is 1. The van der Waals surface area contributed by atoms with Crippen LogP contribution in [0.1, 0.15) is 31.4 Å². The summed E-state index contributed by atoms with van der Waals surface area (Å²) in [6.45, 7) is 3.62. The largest absolute Gasteiger partial charge is 0.339 e. The van der Waals surface area contributed by atoms with Crippen molar-refractivity contribution in [3.63, 3.8) is 0 Å². The average Bonchev–Trinajstić information content (AvgIpc) is 2.53. The van der Waals surface area contributed by atoms with Crippen LogP contribution in [0.25, 0.3) is 0 Å². The van der Waals surface area contributed by atoms with Crippen LogP contribution in [0.5, 0.6) is 0 Å². The summed E-state index contributed by atoms with van der Waals surface area (Å²) in [4.78, 5) is 14.3. The lowest BCUT2D eigenvalue weighted by Crippen LogP contribution is -2.42. The van der Waals surface area contributed by atoms with Gasteiger partial charge in [-0.25, -0.2) is 13.6 Å². The van der Waals surface area contributed by atoms with Gasteiger partial charge in [0.15, 0.2) is 0 Å². The van der Waals surface area contributed by atoms with Crippen molar-refractivity contribution in [2.45, 2.75) is 30.7 Å². The van der Waals surface area contributed by atoms with Gasteiger partial charge < -0.3 is 10.2 Å². The maximum absolute atomic E-state index is 12.5. The topological polar surface area (TPSA) is 92.5 Å². The van der Waals surface area contributed by atoms with E-state index in [0.29, 0.717) is 0 Å². The molecule has 0 aliphatic carbocycles. The molecule has 1 aliphatic heterocycles. The number of nitrogens with one attached hydrogen (secondary N) is 1. The van der Waals surface area contributed by atoms with Crippen LogP contribution in [0.2, 0.25) is 0 Å². The monoisotopic (exact) mass is 361 g/mol. The van der Waals surface area contributed by atoms with Gasteiger partial charge in [-0.3, -0.25) is 4.79 Å². The fourth-order valence-electron chi connectivity index (χ4n) is 2.70. The van der Waals surface area contributed by atoms with Crippen LogP contribution < -0.4 is 10.5 Å². The number of carbonyl (C=O) groups is 1. The molecule has 3 N–H and O–H groups in total. The van der Waals surface area contributed by atoms with Gasteiger partial charge in [0.1, 0.15) is 0 Å². The Hall–Kier alpha value is -1.15. The Morgan fingerprint density at radius 1 is 1.35 bits per heavy atom. The van der Waals surface area contributed by atoms with Gasteiger partial charge in [-0.15, -0.1) is 12.4 Å². The minimum atomic E-state index is -3.69. The van der Waals surface area contributed by atoms with E-state index in [-0.39, 0.29) is 35.2 Å². The van der Waals surface area contributed by atoms with Gasteiger partial charge >= 0.3 is 0 Å². The second kappa shape index (κ2) is 8.10. The molecule has 8 heteroatoms. The van der Waals surface area contributed by atoms with E-state index < -0.39 is 10.0 Å².